The Kier molecular flexibility index (Phi) is 7.52. The Bertz CT molecular complexity index is 602. The van der Waals surface area contributed by atoms with Gasteiger partial charge >= 0.3 is 0 Å². The first kappa shape index (κ1) is 20.4. The van der Waals surface area contributed by atoms with Crippen molar-refractivity contribution in [2.75, 3.05) is 19.6 Å². The Morgan fingerprint density at radius 3 is 2.13 bits per heavy atom. The van der Waals surface area contributed by atoms with E-state index in [1.54, 1.807) is 4.31 Å². The smallest absolute Gasteiger partial charge is 0.243 e. The molecule has 0 spiro atoms. The number of sulfonamides is 1. The SMILES string of the molecule is CCCN(C1CCNCC1)S(=O)(=O)c1c(C)cc(C)cc1C.Cl. The van der Waals surface area contributed by atoms with E-state index in [0.29, 0.717) is 11.4 Å². The summed E-state index contributed by atoms with van der Waals surface area (Å²) in [6.45, 7) is 10.2. The molecule has 1 fully saturated rings. The normalized spacial score (nSPS) is 16.4. The van der Waals surface area contributed by atoms with Crippen LogP contribution in [0.1, 0.15) is 42.9 Å². The average Bonchev–Trinajstić information content (AvgIpc) is 2.44. The fourth-order valence-corrected chi connectivity index (χ4v) is 5.70. The Labute approximate surface area is 147 Å². The van der Waals surface area contributed by atoms with Gasteiger partial charge in [0.15, 0.2) is 0 Å². The first-order valence-electron chi connectivity index (χ1n) is 8.18. The molecule has 0 aliphatic carbocycles. The van der Waals surface area contributed by atoms with Gasteiger partial charge in [0.05, 0.1) is 4.90 Å². The highest BCUT2D eigenvalue weighted by molar-refractivity contribution is 7.89. The molecular formula is C17H29ClN2O2S. The third kappa shape index (κ3) is 4.47. The molecule has 1 saturated heterocycles. The minimum Gasteiger partial charge on any atom is -0.317 e. The second-order valence-electron chi connectivity index (χ2n) is 6.32. The maximum atomic E-state index is 13.3. The highest BCUT2D eigenvalue weighted by atomic mass is 35.5. The monoisotopic (exact) mass is 360 g/mol. The lowest BCUT2D eigenvalue weighted by molar-refractivity contribution is 0.262. The summed E-state index contributed by atoms with van der Waals surface area (Å²) in [7, 11) is -3.44. The lowest BCUT2D eigenvalue weighted by atomic mass is 10.1. The van der Waals surface area contributed by atoms with Gasteiger partial charge in [-0.15, -0.1) is 12.4 Å². The molecule has 1 aromatic rings. The highest BCUT2D eigenvalue weighted by Gasteiger charge is 2.33. The van der Waals surface area contributed by atoms with Crippen molar-refractivity contribution in [3.63, 3.8) is 0 Å². The molecule has 6 heteroatoms. The summed E-state index contributed by atoms with van der Waals surface area (Å²) in [5.41, 5.74) is 2.82. The molecule has 1 N–H and O–H groups in total. The average molecular weight is 361 g/mol. The van der Waals surface area contributed by atoms with Crippen LogP contribution in [0.4, 0.5) is 0 Å². The molecule has 1 aliphatic rings. The van der Waals surface area contributed by atoms with Crippen molar-refractivity contribution in [1.82, 2.24) is 9.62 Å². The standard InChI is InChI=1S/C17H28N2O2S.ClH/c1-5-10-19(16-6-8-18-9-7-16)22(20,21)17-14(3)11-13(2)12-15(17)4;/h11-12,16,18H,5-10H2,1-4H3;1H. The summed E-state index contributed by atoms with van der Waals surface area (Å²) in [6, 6.07) is 4.05. The van der Waals surface area contributed by atoms with Crippen molar-refractivity contribution >= 4 is 22.4 Å². The molecule has 0 aromatic heterocycles. The molecule has 1 heterocycles. The summed E-state index contributed by atoms with van der Waals surface area (Å²) in [6.07, 6.45) is 2.62. The molecule has 1 aliphatic heterocycles. The number of hydrogen-bond donors (Lipinski definition) is 1. The van der Waals surface area contributed by atoms with E-state index in [2.05, 4.69) is 5.32 Å². The molecular weight excluding hydrogens is 332 g/mol. The van der Waals surface area contributed by atoms with Crippen LogP contribution in [0.2, 0.25) is 0 Å². The Hall–Kier alpha value is -0.620. The number of aryl methyl sites for hydroxylation is 3. The van der Waals surface area contributed by atoms with Gasteiger partial charge in [-0.2, -0.15) is 4.31 Å². The van der Waals surface area contributed by atoms with E-state index in [0.717, 1.165) is 49.0 Å². The summed E-state index contributed by atoms with van der Waals surface area (Å²) >= 11 is 0. The number of hydrogen-bond acceptors (Lipinski definition) is 3. The van der Waals surface area contributed by atoms with Gasteiger partial charge in [-0.05, 0) is 64.3 Å². The van der Waals surface area contributed by atoms with Crippen molar-refractivity contribution in [2.24, 2.45) is 0 Å². The van der Waals surface area contributed by atoms with Gasteiger partial charge in [-0.25, -0.2) is 8.42 Å². The molecule has 0 atom stereocenters. The summed E-state index contributed by atoms with van der Waals surface area (Å²) in [4.78, 5) is 0.505. The maximum Gasteiger partial charge on any atom is 0.243 e. The molecule has 1 aromatic carbocycles. The quantitative estimate of drug-likeness (QED) is 0.877. The van der Waals surface area contributed by atoms with Gasteiger partial charge in [-0.1, -0.05) is 24.6 Å². The summed E-state index contributed by atoms with van der Waals surface area (Å²) in [5.74, 6) is 0. The van der Waals surface area contributed by atoms with Crippen molar-refractivity contribution in [2.45, 2.75) is 57.9 Å². The fourth-order valence-electron chi connectivity index (χ4n) is 3.50. The van der Waals surface area contributed by atoms with Crippen molar-refractivity contribution in [3.05, 3.63) is 28.8 Å². The van der Waals surface area contributed by atoms with Crippen LogP contribution in [0.3, 0.4) is 0 Å². The van der Waals surface area contributed by atoms with E-state index in [4.69, 9.17) is 0 Å². The van der Waals surface area contributed by atoms with E-state index < -0.39 is 10.0 Å². The van der Waals surface area contributed by atoms with E-state index >= 15 is 0 Å². The lowest BCUT2D eigenvalue weighted by Gasteiger charge is -2.34. The minimum atomic E-state index is -3.44. The summed E-state index contributed by atoms with van der Waals surface area (Å²) < 4.78 is 28.3. The topological polar surface area (TPSA) is 49.4 Å². The zero-order chi connectivity index (χ0) is 16.3. The number of piperidine rings is 1. The second kappa shape index (κ2) is 8.47. The van der Waals surface area contributed by atoms with Gasteiger partial charge in [-0.3, -0.25) is 0 Å². The van der Waals surface area contributed by atoms with Crippen LogP contribution in [0, 0.1) is 20.8 Å². The molecule has 132 valence electrons. The van der Waals surface area contributed by atoms with Crippen LogP contribution in [0.25, 0.3) is 0 Å². The maximum absolute atomic E-state index is 13.3. The number of rotatable bonds is 5. The third-order valence-corrected chi connectivity index (χ3v) is 6.59. The van der Waals surface area contributed by atoms with Crippen LogP contribution < -0.4 is 5.32 Å². The Balaban J connectivity index is 0.00000264. The van der Waals surface area contributed by atoms with Crippen LogP contribution in [0.5, 0.6) is 0 Å². The third-order valence-electron chi connectivity index (χ3n) is 4.33. The van der Waals surface area contributed by atoms with Gasteiger partial charge < -0.3 is 5.32 Å². The van der Waals surface area contributed by atoms with Crippen LogP contribution >= 0.6 is 12.4 Å². The van der Waals surface area contributed by atoms with E-state index in [9.17, 15) is 8.42 Å². The van der Waals surface area contributed by atoms with Crippen molar-refractivity contribution in [3.8, 4) is 0 Å². The van der Waals surface area contributed by atoms with Crippen molar-refractivity contribution in [1.29, 1.82) is 0 Å². The van der Waals surface area contributed by atoms with Crippen LogP contribution in [-0.4, -0.2) is 38.4 Å². The van der Waals surface area contributed by atoms with Gasteiger partial charge in [0, 0.05) is 12.6 Å². The molecule has 23 heavy (non-hydrogen) atoms. The molecule has 4 nitrogen and oxygen atoms in total. The Morgan fingerprint density at radius 1 is 1.13 bits per heavy atom. The van der Waals surface area contributed by atoms with Gasteiger partial charge in [0.25, 0.3) is 0 Å². The number of nitrogens with one attached hydrogen (secondary N) is 1. The van der Waals surface area contributed by atoms with Gasteiger partial charge in [0.1, 0.15) is 0 Å². The van der Waals surface area contributed by atoms with Gasteiger partial charge in [0.2, 0.25) is 10.0 Å². The predicted molar refractivity (Wildman–Crippen MR) is 98.0 cm³/mol. The molecule has 0 radical (unpaired) electrons. The van der Waals surface area contributed by atoms with Crippen LogP contribution in [-0.2, 0) is 10.0 Å². The second-order valence-corrected chi connectivity index (χ2v) is 8.15. The van der Waals surface area contributed by atoms with E-state index in [-0.39, 0.29) is 18.4 Å². The minimum absolute atomic E-state index is 0. The first-order chi connectivity index (χ1) is 10.4. The zero-order valence-electron chi connectivity index (χ0n) is 14.6. The molecule has 0 amide bonds. The van der Waals surface area contributed by atoms with Crippen molar-refractivity contribution < 1.29 is 8.42 Å². The molecule has 2 rings (SSSR count). The number of nitrogens with zero attached hydrogens (tertiary/aromatic N) is 1. The number of benzene rings is 1. The highest BCUT2D eigenvalue weighted by Crippen LogP contribution is 2.28. The predicted octanol–water partition coefficient (Wildman–Crippen LogP) is 3.19. The zero-order valence-corrected chi connectivity index (χ0v) is 16.2. The Morgan fingerprint density at radius 2 is 1.65 bits per heavy atom. The molecule has 0 saturated carbocycles. The molecule has 0 bridgehead atoms. The van der Waals surface area contributed by atoms with E-state index in [1.165, 1.54) is 0 Å². The van der Waals surface area contributed by atoms with E-state index in [1.807, 2.05) is 39.8 Å². The van der Waals surface area contributed by atoms with Crippen LogP contribution in [0.15, 0.2) is 17.0 Å². The molecule has 0 unspecified atom stereocenters. The fraction of sp³-hybridized carbons (Fsp3) is 0.647. The summed E-state index contributed by atoms with van der Waals surface area (Å²) in [5, 5.41) is 3.31. The number of halogens is 1. The first-order valence-corrected chi connectivity index (χ1v) is 9.62. The largest absolute Gasteiger partial charge is 0.317 e. The lowest BCUT2D eigenvalue weighted by Crippen LogP contribution is -2.46.